The smallest absolute Gasteiger partial charge is 0.249 e. The lowest BCUT2D eigenvalue weighted by molar-refractivity contribution is -0.132. The molecule has 0 aromatic heterocycles. The van der Waals surface area contributed by atoms with Crippen molar-refractivity contribution in [1.82, 2.24) is 9.62 Å². The second-order valence-electron chi connectivity index (χ2n) is 5.35. The van der Waals surface area contributed by atoms with E-state index >= 15 is 0 Å². The molecule has 2 fully saturated rings. The first-order chi connectivity index (χ1) is 9.41. The van der Waals surface area contributed by atoms with Crippen molar-refractivity contribution in [3.05, 3.63) is 0 Å². The molecule has 7 nitrogen and oxygen atoms in total. The molecule has 2 heterocycles. The first-order valence-corrected chi connectivity index (χ1v) is 8.64. The minimum Gasteiger partial charge on any atom is -0.383 e. The van der Waals surface area contributed by atoms with Gasteiger partial charge < -0.3 is 14.8 Å². The Hall–Kier alpha value is -0.700. The van der Waals surface area contributed by atoms with Crippen LogP contribution in [0.2, 0.25) is 0 Å². The Bertz CT molecular complexity index is 453. The van der Waals surface area contributed by atoms with Crippen molar-refractivity contribution < 1.29 is 22.7 Å². The van der Waals surface area contributed by atoms with Gasteiger partial charge >= 0.3 is 0 Å². The van der Waals surface area contributed by atoms with E-state index in [2.05, 4.69) is 5.32 Å². The molecular formula is C12H22N2O5S. The van der Waals surface area contributed by atoms with Crippen LogP contribution in [-0.4, -0.2) is 70.4 Å². The van der Waals surface area contributed by atoms with E-state index in [1.165, 1.54) is 10.6 Å². The standard InChI is InChI=1S/C12H22N2O5S/c1-18-6-4-13-12(15)10-7-9-3-5-14(20(2,16)17)8-11(9)19-10/h9-11H,3-8H2,1-2H3,(H,13,15)/t9-,10+,11-/m1/s1. The van der Waals surface area contributed by atoms with Gasteiger partial charge in [-0.25, -0.2) is 8.42 Å². The molecule has 0 unspecified atom stereocenters. The van der Waals surface area contributed by atoms with Crippen LogP contribution in [0.25, 0.3) is 0 Å². The van der Waals surface area contributed by atoms with E-state index in [1.807, 2.05) is 0 Å². The number of sulfonamides is 1. The van der Waals surface area contributed by atoms with Gasteiger partial charge in [0.25, 0.3) is 0 Å². The van der Waals surface area contributed by atoms with E-state index in [-0.39, 0.29) is 17.9 Å². The summed E-state index contributed by atoms with van der Waals surface area (Å²) in [5.41, 5.74) is 0. The molecule has 0 saturated carbocycles. The molecule has 0 aromatic rings. The molecule has 2 saturated heterocycles. The number of carbonyl (C=O) groups excluding carboxylic acids is 1. The third kappa shape index (κ3) is 3.69. The van der Waals surface area contributed by atoms with Crippen molar-refractivity contribution in [2.24, 2.45) is 5.92 Å². The predicted octanol–water partition coefficient (Wildman–Crippen LogP) is -0.812. The van der Waals surface area contributed by atoms with Crippen LogP contribution in [0.3, 0.4) is 0 Å². The molecule has 0 aromatic carbocycles. The van der Waals surface area contributed by atoms with Gasteiger partial charge in [-0.3, -0.25) is 4.79 Å². The summed E-state index contributed by atoms with van der Waals surface area (Å²) in [6.07, 6.45) is 1.98. The molecule has 1 amide bonds. The number of nitrogens with one attached hydrogen (secondary N) is 1. The number of ether oxygens (including phenoxy) is 2. The number of carbonyl (C=O) groups is 1. The Labute approximate surface area is 119 Å². The Morgan fingerprint density at radius 1 is 1.50 bits per heavy atom. The minimum absolute atomic E-state index is 0.137. The highest BCUT2D eigenvalue weighted by Gasteiger charge is 2.43. The summed E-state index contributed by atoms with van der Waals surface area (Å²) >= 11 is 0. The van der Waals surface area contributed by atoms with Crippen LogP contribution in [0, 0.1) is 5.92 Å². The lowest BCUT2D eigenvalue weighted by atomic mass is 9.93. The first kappa shape index (κ1) is 15.7. The van der Waals surface area contributed by atoms with Crippen molar-refractivity contribution in [1.29, 1.82) is 0 Å². The molecule has 1 N–H and O–H groups in total. The van der Waals surface area contributed by atoms with Crippen molar-refractivity contribution in [3.63, 3.8) is 0 Å². The summed E-state index contributed by atoms with van der Waals surface area (Å²) in [5.74, 6) is 0.133. The number of amides is 1. The van der Waals surface area contributed by atoms with Gasteiger partial charge in [-0.1, -0.05) is 0 Å². The molecule has 0 radical (unpaired) electrons. The van der Waals surface area contributed by atoms with E-state index in [0.717, 1.165) is 6.42 Å². The maximum absolute atomic E-state index is 11.9. The van der Waals surface area contributed by atoms with Crippen LogP contribution in [0.1, 0.15) is 12.8 Å². The molecule has 0 aliphatic carbocycles. The van der Waals surface area contributed by atoms with Crippen LogP contribution in [-0.2, 0) is 24.3 Å². The van der Waals surface area contributed by atoms with Crippen molar-refractivity contribution >= 4 is 15.9 Å². The maximum atomic E-state index is 11.9. The molecule has 8 heteroatoms. The zero-order valence-corrected chi connectivity index (χ0v) is 12.7. The van der Waals surface area contributed by atoms with Gasteiger partial charge in [-0.15, -0.1) is 0 Å². The van der Waals surface area contributed by atoms with Crippen molar-refractivity contribution in [2.75, 3.05) is 39.6 Å². The highest BCUT2D eigenvalue weighted by Crippen LogP contribution is 2.33. The highest BCUT2D eigenvalue weighted by atomic mass is 32.2. The van der Waals surface area contributed by atoms with Crippen LogP contribution in [0.4, 0.5) is 0 Å². The first-order valence-electron chi connectivity index (χ1n) is 6.79. The molecule has 116 valence electrons. The van der Waals surface area contributed by atoms with Crippen LogP contribution < -0.4 is 5.32 Å². The molecule has 3 atom stereocenters. The Morgan fingerprint density at radius 3 is 2.90 bits per heavy atom. The number of methoxy groups -OCH3 is 1. The molecule has 20 heavy (non-hydrogen) atoms. The number of rotatable bonds is 5. The van der Waals surface area contributed by atoms with Gasteiger partial charge in [0.05, 0.1) is 19.0 Å². The Morgan fingerprint density at radius 2 is 2.25 bits per heavy atom. The predicted molar refractivity (Wildman–Crippen MR) is 72.7 cm³/mol. The lowest BCUT2D eigenvalue weighted by Gasteiger charge is -2.32. The lowest BCUT2D eigenvalue weighted by Crippen LogP contribution is -2.45. The average molecular weight is 306 g/mol. The maximum Gasteiger partial charge on any atom is 0.249 e. The van der Waals surface area contributed by atoms with Crippen LogP contribution in [0.5, 0.6) is 0 Å². The van der Waals surface area contributed by atoms with Gasteiger partial charge in [0.15, 0.2) is 0 Å². The summed E-state index contributed by atoms with van der Waals surface area (Å²) in [5, 5.41) is 2.76. The summed E-state index contributed by atoms with van der Waals surface area (Å²) in [6.45, 7) is 1.79. The van der Waals surface area contributed by atoms with Gasteiger partial charge in [0.1, 0.15) is 6.10 Å². The Balaban J connectivity index is 1.87. The van der Waals surface area contributed by atoms with Gasteiger partial charge in [-0.2, -0.15) is 4.31 Å². The third-order valence-corrected chi connectivity index (χ3v) is 5.15. The number of nitrogens with zero attached hydrogens (tertiary/aromatic N) is 1. The largest absolute Gasteiger partial charge is 0.383 e. The van der Waals surface area contributed by atoms with Crippen LogP contribution in [0.15, 0.2) is 0 Å². The topological polar surface area (TPSA) is 84.9 Å². The molecule has 0 bridgehead atoms. The second kappa shape index (κ2) is 6.38. The van der Waals surface area contributed by atoms with E-state index in [4.69, 9.17) is 9.47 Å². The zero-order valence-electron chi connectivity index (χ0n) is 11.9. The second-order valence-corrected chi connectivity index (χ2v) is 7.33. The number of hydrogen-bond acceptors (Lipinski definition) is 5. The summed E-state index contributed by atoms with van der Waals surface area (Å²) in [4.78, 5) is 11.9. The number of piperidine rings is 1. The van der Waals surface area contributed by atoms with E-state index in [0.29, 0.717) is 32.7 Å². The van der Waals surface area contributed by atoms with Gasteiger partial charge in [0, 0.05) is 26.7 Å². The third-order valence-electron chi connectivity index (χ3n) is 3.88. The monoisotopic (exact) mass is 306 g/mol. The molecule has 2 aliphatic heterocycles. The minimum atomic E-state index is -3.18. The van der Waals surface area contributed by atoms with Crippen molar-refractivity contribution in [2.45, 2.75) is 25.0 Å². The fourth-order valence-corrected chi connectivity index (χ4v) is 3.62. The molecule has 2 rings (SSSR count). The quantitative estimate of drug-likeness (QED) is 0.671. The molecule has 2 aliphatic rings. The van der Waals surface area contributed by atoms with Crippen LogP contribution >= 0.6 is 0 Å². The fraction of sp³-hybridized carbons (Fsp3) is 0.917. The Kier molecular flexibility index (Phi) is 5.00. The van der Waals surface area contributed by atoms with Gasteiger partial charge in [-0.05, 0) is 18.8 Å². The summed E-state index contributed by atoms with van der Waals surface area (Å²) in [6, 6.07) is 0. The van der Waals surface area contributed by atoms with E-state index in [1.54, 1.807) is 7.11 Å². The van der Waals surface area contributed by atoms with Gasteiger partial charge in [0.2, 0.25) is 15.9 Å². The summed E-state index contributed by atoms with van der Waals surface area (Å²) in [7, 11) is -1.61. The SMILES string of the molecule is COCCNC(=O)[C@@H]1C[C@H]2CCN(S(C)(=O)=O)C[C@H]2O1. The molecule has 0 spiro atoms. The fourth-order valence-electron chi connectivity index (χ4n) is 2.76. The normalized spacial score (nSPS) is 31.0. The zero-order chi connectivity index (χ0) is 14.8. The molecular weight excluding hydrogens is 284 g/mol. The number of hydrogen-bond donors (Lipinski definition) is 1. The van der Waals surface area contributed by atoms with E-state index in [9.17, 15) is 13.2 Å². The highest BCUT2D eigenvalue weighted by molar-refractivity contribution is 7.88. The number of fused-ring (bicyclic) bond motifs is 1. The van der Waals surface area contributed by atoms with E-state index < -0.39 is 16.1 Å². The summed E-state index contributed by atoms with van der Waals surface area (Å²) < 4.78 is 35.1. The van der Waals surface area contributed by atoms with Crippen molar-refractivity contribution in [3.8, 4) is 0 Å². The average Bonchev–Trinajstić information content (AvgIpc) is 2.80.